The van der Waals surface area contributed by atoms with Crippen LogP contribution < -0.4 is 10.9 Å². The molecule has 1 heterocycles. The van der Waals surface area contributed by atoms with Crippen molar-refractivity contribution in [2.45, 2.75) is 64.2 Å². The van der Waals surface area contributed by atoms with E-state index in [1.807, 2.05) is 0 Å². The first-order valence-electron chi connectivity index (χ1n) is 9.97. The molecule has 152 valence electrons. The smallest absolute Gasteiger partial charge is 0.262 e. The Morgan fingerprint density at radius 2 is 2.11 bits per heavy atom. The SMILES string of the molecule is CC(C)Cn1c(SCC(=O)N[C@H]2CCCC[C@H]2C)nc2ccc(Cl)cc2c1=O. The maximum atomic E-state index is 13.0. The van der Waals surface area contributed by atoms with Crippen LogP contribution >= 0.6 is 23.4 Å². The summed E-state index contributed by atoms with van der Waals surface area (Å²) in [5.41, 5.74) is 0.503. The molecule has 1 amide bonds. The van der Waals surface area contributed by atoms with Crippen LogP contribution in [0.25, 0.3) is 10.9 Å². The lowest BCUT2D eigenvalue weighted by Gasteiger charge is -2.29. The normalized spacial score (nSPS) is 19.9. The topological polar surface area (TPSA) is 64.0 Å². The summed E-state index contributed by atoms with van der Waals surface area (Å²) < 4.78 is 1.67. The zero-order valence-electron chi connectivity index (χ0n) is 16.7. The highest BCUT2D eigenvalue weighted by molar-refractivity contribution is 7.99. The van der Waals surface area contributed by atoms with Crippen LogP contribution in [0.5, 0.6) is 0 Å². The standard InChI is InChI=1S/C21H28ClN3O2S/c1-13(2)11-25-20(27)16-10-15(22)8-9-18(16)24-21(25)28-12-19(26)23-17-7-5-4-6-14(17)3/h8-10,13-14,17H,4-7,11-12H2,1-3H3,(H,23,26)/t14-,17+/m1/s1. The molecule has 1 aromatic heterocycles. The maximum absolute atomic E-state index is 13.0. The lowest BCUT2D eigenvalue weighted by molar-refractivity contribution is -0.119. The van der Waals surface area contributed by atoms with Gasteiger partial charge in [0.15, 0.2) is 5.16 Å². The van der Waals surface area contributed by atoms with Gasteiger partial charge in [-0.3, -0.25) is 14.2 Å². The van der Waals surface area contributed by atoms with Crippen molar-refractivity contribution in [2.75, 3.05) is 5.75 Å². The van der Waals surface area contributed by atoms with Crippen LogP contribution in [0.15, 0.2) is 28.2 Å². The molecule has 0 aliphatic heterocycles. The fraction of sp³-hybridized carbons (Fsp3) is 0.571. The zero-order valence-corrected chi connectivity index (χ0v) is 18.3. The van der Waals surface area contributed by atoms with Crippen molar-refractivity contribution in [1.29, 1.82) is 0 Å². The second-order valence-corrected chi connectivity index (χ2v) is 9.47. The van der Waals surface area contributed by atoms with Crippen LogP contribution in [0, 0.1) is 11.8 Å². The van der Waals surface area contributed by atoms with Crippen LogP contribution in [-0.4, -0.2) is 27.3 Å². The van der Waals surface area contributed by atoms with E-state index in [1.165, 1.54) is 31.0 Å². The molecular weight excluding hydrogens is 394 g/mol. The van der Waals surface area contributed by atoms with Crippen LogP contribution in [0.2, 0.25) is 5.02 Å². The fourth-order valence-corrected chi connectivity index (χ4v) is 4.71. The number of benzene rings is 1. The van der Waals surface area contributed by atoms with E-state index < -0.39 is 0 Å². The zero-order chi connectivity index (χ0) is 20.3. The molecule has 2 atom stereocenters. The van der Waals surface area contributed by atoms with Crippen LogP contribution in [0.4, 0.5) is 0 Å². The van der Waals surface area contributed by atoms with Crippen LogP contribution in [0.3, 0.4) is 0 Å². The maximum Gasteiger partial charge on any atom is 0.262 e. The molecule has 0 radical (unpaired) electrons. The molecule has 1 saturated carbocycles. The molecular formula is C21H28ClN3O2S. The lowest BCUT2D eigenvalue weighted by atomic mass is 9.86. The van der Waals surface area contributed by atoms with E-state index in [2.05, 4.69) is 31.1 Å². The number of nitrogens with one attached hydrogen (secondary N) is 1. The van der Waals surface area contributed by atoms with E-state index >= 15 is 0 Å². The minimum Gasteiger partial charge on any atom is -0.352 e. The summed E-state index contributed by atoms with van der Waals surface area (Å²) >= 11 is 7.39. The third-order valence-corrected chi connectivity index (χ3v) is 6.43. The van der Waals surface area contributed by atoms with Gasteiger partial charge in [0.1, 0.15) is 0 Å². The number of aromatic nitrogens is 2. The fourth-order valence-electron chi connectivity index (χ4n) is 3.72. The predicted octanol–water partition coefficient (Wildman–Crippen LogP) is 4.49. The Bertz CT molecular complexity index is 912. The van der Waals surface area contributed by atoms with Crippen molar-refractivity contribution in [3.8, 4) is 0 Å². The Morgan fingerprint density at radius 1 is 1.36 bits per heavy atom. The molecule has 1 aliphatic rings. The Balaban J connectivity index is 1.80. The molecule has 2 aromatic rings. The Kier molecular flexibility index (Phi) is 7.05. The van der Waals surface area contributed by atoms with Gasteiger partial charge in [-0.25, -0.2) is 4.98 Å². The first kappa shape index (κ1) is 21.2. The van der Waals surface area contributed by atoms with Gasteiger partial charge in [0.2, 0.25) is 5.91 Å². The molecule has 0 spiro atoms. The summed E-state index contributed by atoms with van der Waals surface area (Å²) in [5, 5.41) is 4.78. The van der Waals surface area contributed by atoms with E-state index in [9.17, 15) is 9.59 Å². The van der Waals surface area contributed by atoms with Crippen LogP contribution in [-0.2, 0) is 11.3 Å². The van der Waals surface area contributed by atoms with Crippen molar-refractivity contribution in [2.24, 2.45) is 11.8 Å². The highest BCUT2D eigenvalue weighted by Crippen LogP contribution is 2.25. The molecule has 0 saturated heterocycles. The van der Waals surface area contributed by atoms with Gasteiger partial charge >= 0.3 is 0 Å². The van der Waals surface area contributed by atoms with Crippen molar-refractivity contribution >= 4 is 40.2 Å². The number of carbonyl (C=O) groups excluding carboxylic acids is 1. The predicted molar refractivity (Wildman–Crippen MR) is 116 cm³/mol. The Labute approximate surface area is 175 Å². The molecule has 7 heteroatoms. The molecule has 1 N–H and O–H groups in total. The van der Waals surface area contributed by atoms with Gasteiger partial charge < -0.3 is 5.32 Å². The van der Waals surface area contributed by atoms with Crippen molar-refractivity contribution in [3.05, 3.63) is 33.6 Å². The molecule has 3 rings (SSSR count). The third kappa shape index (κ3) is 5.09. The number of carbonyl (C=O) groups is 1. The second kappa shape index (κ2) is 9.31. The number of thioether (sulfide) groups is 1. The number of rotatable bonds is 6. The molecule has 1 aliphatic carbocycles. The summed E-state index contributed by atoms with van der Waals surface area (Å²) in [6.07, 6.45) is 4.63. The first-order valence-corrected chi connectivity index (χ1v) is 11.3. The lowest BCUT2D eigenvalue weighted by Crippen LogP contribution is -2.42. The average molecular weight is 422 g/mol. The Morgan fingerprint density at radius 3 is 2.82 bits per heavy atom. The van der Waals surface area contributed by atoms with E-state index in [0.29, 0.717) is 33.5 Å². The number of halogens is 1. The highest BCUT2D eigenvalue weighted by Gasteiger charge is 2.23. The quantitative estimate of drug-likeness (QED) is 0.551. The summed E-state index contributed by atoms with van der Waals surface area (Å²) in [7, 11) is 0. The van der Waals surface area contributed by atoms with Crippen molar-refractivity contribution in [3.63, 3.8) is 0 Å². The molecule has 28 heavy (non-hydrogen) atoms. The van der Waals surface area contributed by atoms with Crippen molar-refractivity contribution < 1.29 is 4.79 Å². The van der Waals surface area contributed by atoms with Gasteiger partial charge in [-0.15, -0.1) is 0 Å². The number of hydrogen-bond donors (Lipinski definition) is 1. The van der Waals surface area contributed by atoms with E-state index in [1.54, 1.807) is 22.8 Å². The molecule has 1 fully saturated rings. The summed E-state index contributed by atoms with van der Waals surface area (Å²) in [6, 6.07) is 5.40. The highest BCUT2D eigenvalue weighted by atomic mass is 35.5. The van der Waals surface area contributed by atoms with Gasteiger partial charge in [-0.1, -0.05) is 57.0 Å². The molecule has 0 bridgehead atoms. The minimum atomic E-state index is -0.106. The minimum absolute atomic E-state index is 0.00491. The number of nitrogens with zero attached hydrogens (tertiary/aromatic N) is 2. The summed E-state index contributed by atoms with van der Waals surface area (Å²) in [6.45, 7) is 6.87. The third-order valence-electron chi connectivity index (χ3n) is 5.22. The number of hydrogen-bond acceptors (Lipinski definition) is 4. The molecule has 5 nitrogen and oxygen atoms in total. The molecule has 1 aromatic carbocycles. The average Bonchev–Trinajstić information content (AvgIpc) is 2.65. The van der Waals surface area contributed by atoms with Gasteiger partial charge in [0.05, 0.1) is 16.7 Å². The van der Waals surface area contributed by atoms with Gasteiger partial charge in [-0.2, -0.15) is 0 Å². The Hall–Kier alpha value is -1.53. The second-order valence-electron chi connectivity index (χ2n) is 8.09. The first-order chi connectivity index (χ1) is 13.3. The van der Waals surface area contributed by atoms with Gasteiger partial charge in [-0.05, 0) is 42.9 Å². The van der Waals surface area contributed by atoms with Crippen LogP contribution in [0.1, 0.15) is 46.5 Å². The number of amides is 1. The summed E-state index contributed by atoms with van der Waals surface area (Å²) in [5.74, 6) is 1.07. The largest absolute Gasteiger partial charge is 0.352 e. The number of fused-ring (bicyclic) bond motifs is 1. The monoisotopic (exact) mass is 421 g/mol. The van der Waals surface area contributed by atoms with Gasteiger partial charge in [0, 0.05) is 17.6 Å². The van der Waals surface area contributed by atoms with Gasteiger partial charge in [0.25, 0.3) is 5.56 Å². The summed E-state index contributed by atoms with van der Waals surface area (Å²) in [4.78, 5) is 30.1. The van der Waals surface area contributed by atoms with E-state index in [0.717, 1.165) is 6.42 Å². The van der Waals surface area contributed by atoms with E-state index in [4.69, 9.17) is 11.6 Å². The van der Waals surface area contributed by atoms with E-state index in [-0.39, 0.29) is 29.2 Å². The van der Waals surface area contributed by atoms with Crippen molar-refractivity contribution in [1.82, 2.24) is 14.9 Å². The molecule has 0 unspecified atom stereocenters.